The van der Waals surface area contributed by atoms with Crippen molar-refractivity contribution in [1.29, 1.82) is 0 Å². The van der Waals surface area contributed by atoms with Crippen LogP contribution < -0.4 is 10.6 Å². The third-order valence-corrected chi connectivity index (χ3v) is 4.90. The standard InChI is InChI=1S/C19H19ClF3N3O/c20-16-4-2-1-3-15(16)17(25-14-9-12(21)10-24-11-14)18(27)26-13-5-7-19(22,23)8-6-13/h1-4,9-11,13,17,25H,5-8H2,(H,26,27)/t17-/m0/s1. The van der Waals surface area contributed by atoms with Crippen LogP contribution in [0.2, 0.25) is 5.02 Å². The number of rotatable bonds is 5. The van der Waals surface area contributed by atoms with Gasteiger partial charge in [0.15, 0.2) is 0 Å². The quantitative estimate of drug-likeness (QED) is 0.767. The van der Waals surface area contributed by atoms with E-state index in [1.54, 1.807) is 24.3 Å². The maximum atomic E-state index is 13.4. The van der Waals surface area contributed by atoms with Crippen molar-refractivity contribution in [2.24, 2.45) is 0 Å². The number of nitrogens with one attached hydrogen (secondary N) is 2. The summed E-state index contributed by atoms with van der Waals surface area (Å²) in [5.41, 5.74) is 0.812. The second-order valence-electron chi connectivity index (χ2n) is 6.63. The average molecular weight is 398 g/mol. The van der Waals surface area contributed by atoms with Crippen LogP contribution in [0, 0.1) is 5.82 Å². The number of nitrogens with zero attached hydrogens (tertiary/aromatic N) is 1. The number of halogens is 4. The predicted octanol–water partition coefficient (Wildman–Crippen LogP) is 4.72. The highest BCUT2D eigenvalue weighted by molar-refractivity contribution is 6.31. The lowest BCUT2D eigenvalue weighted by atomic mass is 9.92. The SMILES string of the molecule is O=C(NC1CCC(F)(F)CC1)[C@@H](Nc1cncc(F)c1)c1ccccc1Cl. The zero-order chi connectivity index (χ0) is 19.4. The molecule has 8 heteroatoms. The molecule has 1 amide bonds. The zero-order valence-corrected chi connectivity index (χ0v) is 15.1. The second kappa shape index (κ2) is 8.17. The fourth-order valence-corrected chi connectivity index (χ4v) is 3.37. The fourth-order valence-electron chi connectivity index (χ4n) is 3.12. The molecule has 0 radical (unpaired) electrons. The molecular weight excluding hydrogens is 379 g/mol. The number of aromatic nitrogens is 1. The van der Waals surface area contributed by atoms with E-state index >= 15 is 0 Å². The summed E-state index contributed by atoms with van der Waals surface area (Å²) >= 11 is 6.23. The molecule has 0 aliphatic heterocycles. The van der Waals surface area contributed by atoms with Gasteiger partial charge < -0.3 is 10.6 Å². The molecule has 1 atom stereocenters. The van der Waals surface area contributed by atoms with E-state index in [0.717, 1.165) is 6.20 Å². The van der Waals surface area contributed by atoms with Gasteiger partial charge in [-0.15, -0.1) is 0 Å². The number of alkyl halides is 2. The maximum Gasteiger partial charge on any atom is 0.248 e. The summed E-state index contributed by atoms with van der Waals surface area (Å²) in [4.78, 5) is 16.6. The molecule has 0 unspecified atom stereocenters. The minimum atomic E-state index is -2.67. The molecule has 2 N–H and O–H groups in total. The Bertz CT molecular complexity index is 808. The molecule has 144 valence electrons. The van der Waals surface area contributed by atoms with Crippen LogP contribution in [0.25, 0.3) is 0 Å². The normalized spacial score (nSPS) is 17.9. The van der Waals surface area contributed by atoms with Crippen molar-refractivity contribution in [3.63, 3.8) is 0 Å². The topological polar surface area (TPSA) is 54.0 Å². The van der Waals surface area contributed by atoms with Gasteiger partial charge in [-0.25, -0.2) is 13.2 Å². The molecule has 3 rings (SSSR count). The van der Waals surface area contributed by atoms with Gasteiger partial charge >= 0.3 is 0 Å². The maximum absolute atomic E-state index is 13.4. The summed E-state index contributed by atoms with van der Waals surface area (Å²) in [7, 11) is 0. The van der Waals surface area contributed by atoms with Crippen LogP contribution in [-0.2, 0) is 4.79 Å². The number of hydrogen-bond acceptors (Lipinski definition) is 3. The van der Waals surface area contributed by atoms with Crippen molar-refractivity contribution < 1.29 is 18.0 Å². The van der Waals surface area contributed by atoms with Crippen molar-refractivity contribution in [1.82, 2.24) is 10.3 Å². The van der Waals surface area contributed by atoms with Crippen molar-refractivity contribution >= 4 is 23.2 Å². The first kappa shape index (κ1) is 19.5. The van der Waals surface area contributed by atoms with Gasteiger partial charge in [-0.05, 0) is 18.9 Å². The Labute approximate surface area is 160 Å². The highest BCUT2D eigenvalue weighted by atomic mass is 35.5. The smallest absolute Gasteiger partial charge is 0.248 e. The molecule has 1 aliphatic rings. The Morgan fingerprint density at radius 1 is 1.22 bits per heavy atom. The molecule has 0 saturated heterocycles. The van der Waals surface area contributed by atoms with E-state index in [-0.39, 0.29) is 31.7 Å². The second-order valence-corrected chi connectivity index (χ2v) is 7.04. The van der Waals surface area contributed by atoms with E-state index in [4.69, 9.17) is 11.6 Å². The summed E-state index contributed by atoms with van der Waals surface area (Å²) in [6.45, 7) is 0. The van der Waals surface area contributed by atoms with E-state index in [1.165, 1.54) is 12.3 Å². The van der Waals surface area contributed by atoms with Gasteiger partial charge in [0.25, 0.3) is 0 Å². The summed E-state index contributed by atoms with van der Waals surface area (Å²) in [6, 6.07) is 6.75. The first-order chi connectivity index (χ1) is 12.8. The predicted molar refractivity (Wildman–Crippen MR) is 97.4 cm³/mol. The summed E-state index contributed by atoms with van der Waals surface area (Å²) < 4.78 is 40.1. The Morgan fingerprint density at radius 2 is 1.93 bits per heavy atom. The van der Waals surface area contributed by atoms with Crippen LogP contribution in [0.4, 0.5) is 18.9 Å². The number of pyridine rings is 1. The van der Waals surface area contributed by atoms with Gasteiger partial charge in [-0.3, -0.25) is 9.78 Å². The lowest BCUT2D eigenvalue weighted by molar-refractivity contribution is -0.123. The van der Waals surface area contributed by atoms with Gasteiger partial charge in [0.2, 0.25) is 11.8 Å². The van der Waals surface area contributed by atoms with E-state index in [1.807, 2.05) is 0 Å². The molecule has 1 saturated carbocycles. The summed E-state index contributed by atoms with van der Waals surface area (Å²) in [5.74, 6) is -3.63. The number of anilines is 1. The molecule has 1 aromatic heterocycles. The van der Waals surface area contributed by atoms with Gasteiger partial charge in [-0.1, -0.05) is 29.8 Å². The van der Waals surface area contributed by atoms with Gasteiger partial charge in [0.1, 0.15) is 11.9 Å². The van der Waals surface area contributed by atoms with Crippen molar-refractivity contribution in [2.45, 2.75) is 43.7 Å². The van der Waals surface area contributed by atoms with Crippen molar-refractivity contribution in [3.05, 3.63) is 59.1 Å². The van der Waals surface area contributed by atoms with Gasteiger partial charge in [-0.2, -0.15) is 0 Å². The average Bonchev–Trinajstić information content (AvgIpc) is 2.62. The molecule has 27 heavy (non-hydrogen) atoms. The first-order valence-electron chi connectivity index (χ1n) is 8.64. The molecule has 1 heterocycles. The largest absolute Gasteiger partial charge is 0.369 e. The first-order valence-corrected chi connectivity index (χ1v) is 9.01. The third kappa shape index (κ3) is 5.13. The molecule has 4 nitrogen and oxygen atoms in total. The summed E-state index contributed by atoms with van der Waals surface area (Å²) in [5, 5.41) is 6.11. The molecule has 1 fully saturated rings. The van der Waals surface area contributed by atoms with Crippen molar-refractivity contribution in [2.75, 3.05) is 5.32 Å². The van der Waals surface area contributed by atoms with E-state index in [9.17, 15) is 18.0 Å². The number of hydrogen-bond donors (Lipinski definition) is 2. The molecule has 0 spiro atoms. The van der Waals surface area contributed by atoms with Gasteiger partial charge in [0, 0.05) is 35.5 Å². The van der Waals surface area contributed by atoms with Crippen LogP contribution in [0.1, 0.15) is 37.3 Å². The number of amides is 1. The monoisotopic (exact) mass is 397 g/mol. The lowest BCUT2D eigenvalue weighted by Crippen LogP contribution is -2.43. The van der Waals surface area contributed by atoms with Gasteiger partial charge in [0.05, 0.1) is 18.1 Å². The molecule has 0 bridgehead atoms. The molecule has 1 aromatic carbocycles. The molecule has 2 aromatic rings. The molecule has 1 aliphatic carbocycles. The van der Waals surface area contributed by atoms with Crippen LogP contribution >= 0.6 is 11.6 Å². The van der Waals surface area contributed by atoms with Crippen LogP contribution in [-0.4, -0.2) is 22.9 Å². The van der Waals surface area contributed by atoms with Crippen LogP contribution in [0.3, 0.4) is 0 Å². The van der Waals surface area contributed by atoms with Crippen LogP contribution in [0.15, 0.2) is 42.7 Å². The van der Waals surface area contributed by atoms with E-state index in [2.05, 4.69) is 15.6 Å². The van der Waals surface area contributed by atoms with Crippen molar-refractivity contribution in [3.8, 4) is 0 Å². The highest BCUT2D eigenvalue weighted by Crippen LogP contribution is 2.33. The fraction of sp³-hybridized carbons (Fsp3) is 0.368. The number of carbonyl (C=O) groups is 1. The Morgan fingerprint density at radius 3 is 2.59 bits per heavy atom. The number of carbonyl (C=O) groups excluding carboxylic acids is 1. The zero-order valence-electron chi connectivity index (χ0n) is 14.4. The minimum absolute atomic E-state index is 0.204. The lowest BCUT2D eigenvalue weighted by Gasteiger charge is -2.30. The Hall–Kier alpha value is -2.28. The Kier molecular flexibility index (Phi) is 5.89. The molecular formula is C19H19ClF3N3O. The third-order valence-electron chi connectivity index (χ3n) is 4.56. The van der Waals surface area contributed by atoms with E-state index < -0.39 is 23.7 Å². The minimum Gasteiger partial charge on any atom is -0.369 e. The highest BCUT2D eigenvalue weighted by Gasteiger charge is 2.36. The number of benzene rings is 1. The Balaban J connectivity index is 1.79. The van der Waals surface area contributed by atoms with Crippen LogP contribution in [0.5, 0.6) is 0 Å². The summed E-state index contributed by atoms with van der Waals surface area (Å²) in [6.07, 6.45) is 2.34. The van der Waals surface area contributed by atoms with E-state index in [0.29, 0.717) is 16.3 Å².